The van der Waals surface area contributed by atoms with E-state index in [-0.39, 0.29) is 6.29 Å². The van der Waals surface area contributed by atoms with Crippen LogP contribution in [0.2, 0.25) is 0 Å². The molecule has 0 aliphatic rings. The molecule has 0 aromatic rings. The maximum absolute atomic E-state index is 9.22. The van der Waals surface area contributed by atoms with Crippen LogP contribution in [0.1, 0.15) is 40.0 Å². The molecule has 3 heteroatoms. The van der Waals surface area contributed by atoms with Crippen molar-refractivity contribution in [2.45, 2.75) is 52.6 Å². The molecule has 0 amide bonds. The van der Waals surface area contributed by atoms with Crippen LogP contribution in [-0.4, -0.2) is 24.3 Å². The third-order valence-electron chi connectivity index (χ3n) is 1.44. The van der Waals surface area contributed by atoms with E-state index in [4.69, 9.17) is 9.47 Å². The Labute approximate surface area is 74.7 Å². The molecule has 0 aliphatic heterocycles. The molecule has 0 radical (unpaired) electrons. The quantitative estimate of drug-likeness (QED) is 0.602. The monoisotopic (exact) mass is 176 g/mol. The summed E-state index contributed by atoms with van der Waals surface area (Å²) in [5.74, 6) is 0. The maximum atomic E-state index is 9.22. The first-order valence-corrected chi connectivity index (χ1v) is 4.65. The van der Waals surface area contributed by atoms with Gasteiger partial charge in [-0.3, -0.25) is 0 Å². The van der Waals surface area contributed by atoms with Gasteiger partial charge in [0.15, 0.2) is 12.6 Å². The van der Waals surface area contributed by atoms with Gasteiger partial charge < -0.3 is 14.6 Å². The third kappa shape index (κ3) is 6.58. The topological polar surface area (TPSA) is 38.7 Å². The van der Waals surface area contributed by atoms with Crippen LogP contribution in [0, 0.1) is 0 Å². The van der Waals surface area contributed by atoms with Crippen molar-refractivity contribution < 1.29 is 14.6 Å². The Morgan fingerprint density at radius 3 is 2.42 bits per heavy atom. The molecule has 0 aromatic heterocycles. The van der Waals surface area contributed by atoms with E-state index in [0.29, 0.717) is 13.0 Å². The van der Waals surface area contributed by atoms with Crippen LogP contribution in [0.5, 0.6) is 0 Å². The summed E-state index contributed by atoms with van der Waals surface area (Å²) in [6.07, 6.45) is 1.58. The fourth-order valence-electron chi connectivity index (χ4n) is 0.859. The van der Waals surface area contributed by atoms with Crippen LogP contribution in [0.15, 0.2) is 0 Å². The summed E-state index contributed by atoms with van der Waals surface area (Å²) in [6.45, 7) is 6.52. The van der Waals surface area contributed by atoms with Crippen LogP contribution in [-0.2, 0) is 9.47 Å². The molecule has 0 heterocycles. The Balaban J connectivity index is 3.33. The second kappa shape index (κ2) is 7.53. The van der Waals surface area contributed by atoms with Crippen molar-refractivity contribution >= 4 is 0 Å². The Bertz CT molecular complexity index is 95.8. The van der Waals surface area contributed by atoms with Gasteiger partial charge in [-0.25, -0.2) is 0 Å². The number of hydrogen-bond acceptors (Lipinski definition) is 3. The molecule has 0 aromatic carbocycles. The maximum Gasteiger partial charge on any atom is 0.157 e. The zero-order valence-corrected chi connectivity index (χ0v) is 8.25. The number of ether oxygens (including phenoxy) is 2. The molecule has 0 saturated carbocycles. The molecule has 1 N–H and O–H groups in total. The third-order valence-corrected chi connectivity index (χ3v) is 1.44. The average molecular weight is 176 g/mol. The first-order valence-electron chi connectivity index (χ1n) is 4.65. The first-order chi connectivity index (χ1) is 5.70. The molecule has 0 saturated heterocycles. The van der Waals surface area contributed by atoms with Gasteiger partial charge in [-0.1, -0.05) is 20.3 Å². The van der Waals surface area contributed by atoms with Crippen LogP contribution < -0.4 is 0 Å². The summed E-state index contributed by atoms with van der Waals surface area (Å²) in [5, 5.41) is 9.22. The highest BCUT2D eigenvalue weighted by Gasteiger charge is 2.08. The van der Waals surface area contributed by atoms with Crippen LogP contribution in [0.4, 0.5) is 0 Å². The summed E-state index contributed by atoms with van der Waals surface area (Å²) in [6, 6.07) is 0. The lowest BCUT2D eigenvalue weighted by Crippen LogP contribution is -2.22. The fourth-order valence-corrected chi connectivity index (χ4v) is 0.859. The summed E-state index contributed by atoms with van der Waals surface area (Å²) < 4.78 is 10.4. The lowest BCUT2D eigenvalue weighted by atomic mass is 10.3. The summed E-state index contributed by atoms with van der Waals surface area (Å²) >= 11 is 0. The van der Waals surface area contributed by atoms with E-state index in [0.717, 1.165) is 12.8 Å². The van der Waals surface area contributed by atoms with E-state index in [1.165, 1.54) is 0 Å². The zero-order chi connectivity index (χ0) is 9.40. The van der Waals surface area contributed by atoms with Gasteiger partial charge >= 0.3 is 0 Å². The highest BCUT2D eigenvalue weighted by molar-refractivity contribution is 4.41. The van der Waals surface area contributed by atoms with Crippen molar-refractivity contribution in [3.05, 3.63) is 0 Å². The first kappa shape index (κ1) is 11.9. The van der Waals surface area contributed by atoms with Gasteiger partial charge in [-0.15, -0.1) is 0 Å². The van der Waals surface area contributed by atoms with E-state index >= 15 is 0 Å². The van der Waals surface area contributed by atoms with Crippen molar-refractivity contribution in [1.82, 2.24) is 0 Å². The Hall–Kier alpha value is -0.120. The minimum Gasteiger partial charge on any atom is -0.368 e. The van der Waals surface area contributed by atoms with Gasteiger partial charge in [0, 0.05) is 6.61 Å². The fraction of sp³-hybridized carbons (Fsp3) is 1.00. The van der Waals surface area contributed by atoms with E-state index in [1.807, 2.05) is 13.8 Å². The molecule has 2 unspecified atom stereocenters. The standard InChI is InChI=1S/C9H20O3/c1-4-6-9(10)12-8(3)11-7-5-2/h8-10H,4-7H2,1-3H3. The van der Waals surface area contributed by atoms with Gasteiger partial charge in [-0.05, 0) is 19.8 Å². The second-order valence-electron chi connectivity index (χ2n) is 2.82. The number of aliphatic hydroxyl groups is 1. The predicted molar refractivity (Wildman–Crippen MR) is 47.7 cm³/mol. The molecule has 0 rings (SSSR count). The molecule has 0 spiro atoms. The molecule has 12 heavy (non-hydrogen) atoms. The molecule has 74 valence electrons. The molecule has 0 bridgehead atoms. The largest absolute Gasteiger partial charge is 0.368 e. The highest BCUT2D eigenvalue weighted by atomic mass is 16.7. The zero-order valence-electron chi connectivity index (χ0n) is 8.25. The van der Waals surface area contributed by atoms with E-state index in [2.05, 4.69) is 0 Å². The smallest absolute Gasteiger partial charge is 0.157 e. The minimum absolute atomic E-state index is 0.300. The molecule has 0 fully saturated rings. The molecular weight excluding hydrogens is 156 g/mol. The lowest BCUT2D eigenvalue weighted by Gasteiger charge is -2.17. The van der Waals surface area contributed by atoms with Crippen LogP contribution in [0.3, 0.4) is 0 Å². The van der Waals surface area contributed by atoms with E-state index < -0.39 is 6.29 Å². The Morgan fingerprint density at radius 2 is 1.92 bits per heavy atom. The van der Waals surface area contributed by atoms with Gasteiger partial charge in [-0.2, -0.15) is 0 Å². The molecular formula is C9H20O3. The molecule has 0 aliphatic carbocycles. The highest BCUT2D eigenvalue weighted by Crippen LogP contribution is 2.03. The van der Waals surface area contributed by atoms with Gasteiger partial charge in [0.2, 0.25) is 0 Å². The lowest BCUT2D eigenvalue weighted by molar-refractivity contribution is -0.222. The SMILES string of the molecule is CCCOC(C)OC(O)CCC. The number of aliphatic hydroxyl groups excluding tert-OH is 1. The molecule has 3 nitrogen and oxygen atoms in total. The van der Waals surface area contributed by atoms with Crippen molar-refractivity contribution in [1.29, 1.82) is 0 Å². The van der Waals surface area contributed by atoms with Crippen LogP contribution in [0.25, 0.3) is 0 Å². The normalized spacial score (nSPS) is 16.0. The van der Waals surface area contributed by atoms with E-state index in [1.54, 1.807) is 6.92 Å². The number of hydrogen-bond donors (Lipinski definition) is 1. The Kier molecular flexibility index (Phi) is 7.45. The van der Waals surface area contributed by atoms with Crippen molar-refractivity contribution in [2.75, 3.05) is 6.61 Å². The van der Waals surface area contributed by atoms with Gasteiger partial charge in [0.05, 0.1) is 0 Å². The summed E-state index contributed by atoms with van der Waals surface area (Å²) in [7, 11) is 0. The van der Waals surface area contributed by atoms with Crippen LogP contribution >= 0.6 is 0 Å². The molecule has 2 atom stereocenters. The Morgan fingerprint density at radius 1 is 1.25 bits per heavy atom. The number of rotatable bonds is 7. The van der Waals surface area contributed by atoms with Gasteiger partial charge in [0.1, 0.15) is 0 Å². The average Bonchev–Trinajstić information content (AvgIpc) is 2.01. The van der Waals surface area contributed by atoms with Crippen molar-refractivity contribution in [3.63, 3.8) is 0 Å². The van der Waals surface area contributed by atoms with Crippen molar-refractivity contribution in [3.8, 4) is 0 Å². The minimum atomic E-state index is -0.679. The summed E-state index contributed by atoms with van der Waals surface area (Å²) in [5.41, 5.74) is 0. The van der Waals surface area contributed by atoms with E-state index in [9.17, 15) is 5.11 Å². The van der Waals surface area contributed by atoms with Crippen molar-refractivity contribution in [2.24, 2.45) is 0 Å². The van der Waals surface area contributed by atoms with Gasteiger partial charge in [0.25, 0.3) is 0 Å². The summed E-state index contributed by atoms with van der Waals surface area (Å²) in [4.78, 5) is 0. The second-order valence-corrected chi connectivity index (χ2v) is 2.82. The predicted octanol–water partition coefficient (Wildman–Crippen LogP) is 1.89.